The number of aromatic nitrogens is 2. The molecule has 20 heavy (non-hydrogen) atoms. The zero-order chi connectivity index (χ0) is 13.9. The summed E-state index contributed by atoms with van der Waals surface area (Å²) in [7, 11) is 1.79. The van der Waals surface area contributed by atoms with Crippen LogP contribution in [-0.2, 0) is 13.6 Å². The molecule has 0 spiro atoms. The predicted octanol–water partition coefficient (Wildman–Crippen LogP) is 2.42. The van der Waals surface area contributed by atoms with Crippen molar-refractivity contribution < 1.29 is 4.74 Å². The van der Waals surface area contributed by atoms with Gasteiger partial charge in [0.15, 0.2) is 0 Å². The minimum absolute atomic E-state index is 0.0112. The van der Waals surface area contributed by atoms with E-state index in [-0.39, 0.29) is 5.69 Å². The second-order valence-corrected chi connectivity index (χ2v) is 4.64. The zero-order valence-corrected chi connectivity index (χ0v) is 11.3. The van der Waals surface area contributed by atoms with Gasteiger partial charge in [0.05, 0.1) is 17.6 Å². The third-order valence-electron chi connectivity index (χ3n) is 3.38. The summed E-state index contributed by atoms with van der Waals surface area (Å²) in [6, 6.07) is 17.4. The SMILES string of the molecule is Cn1c(=O)n(CCOc2ccccc2)c2ccccc21. The Hall–Kier alpha value is -2.49. The lowest BCUT2D eigenvalue weighted by Gasteiger charge is -2.06. The highest BCUT2D eigenvalue weighted by atomic mass is 16.5. The maximum atomic E-state index is 12.2. The summed E-state index contributed by atoms with van der Waals surface area (Å²) in [6.45, 7) is 1.01. The Balaban J connectivity index is 1.81. The first-order valence-electron chi connectivity index (χ1n) is 6.59. The molecule has 0 saturated heterocycles. The second kappa shape index (κ2) is 5.25. The van der Waals surface area contributed by atoms with E-state index in [2.05, 4.69) is 0 Å². The van der Waals surface area contributed by atoms with Crippen LogP contribution in [0.2, 0.25) is 0 Å². The van der Waals surface area contributed by atoms with E-state index in [1.54, 1.807) is 16.2 Å². The summed E-state index contributed by atoms with van der Waals surface area (Å²) < 4.78 is 9.07. The average molecular weight is 268 g/mol. The van der Waals surface area contributed by atoms with Crippen molar-refractivity contribution in [1.82, 2.24) is 9.13 Å². The number of hydrogen-bond donors (Lipinski definition) is 0. The van der Waals surface area contributed by atoms with Crippen LogP contribution in [-0.4, -0.2) is 15.7 Å². The number of fused-ring (bicyclic) bond motifs is 1. The Morgan fingerprint density at radius 3 is 2.35 bits per heavy atom. The zero-order valence-electron chi connectivity index (χ0n) is 11.3. The normalized spacial score (nSPS) is 10.8. The number of imidazole rings is 1. The van der Waals surface area contributed by atoms with E-state index in [0.717, 1.165) is 16.8 Å². The number of rotatable bonds is 4. The van der Waals surface area contributed by atoms with Gasteiger partial charge in [-0.2, -0.15) is 0 Å². The molecule has 3 aromatic rings. The summed E-state index contributed by atoms with van der Waals surface area (Å²) in [5, 5.41) is 0. The van der Waals surface area contributed by atoms with Crippen LogP contribution in [0.25, 0.3) is 11.0 Å². The molecule has 0 amide bonds. The Labute approximate surface area is 116 Å². The number of benzene rings is 2. The summed E-state index contributed by atoms with van der Waals surface area (Å²) in [5.74, 6) is 0.820. The fourth-order valence-electron chi connectivity index (χ4n) is 2.35. The van der Waals surface area contributed by atoms with E-state index in [4.69, 9.17) is 4.74 Å². The van der Waals surface area contributed by atoms with Crippen molar-refractivity contribution in [3.63, 3.8) is 0 Å². The summed E-state index contributed by atoms with van der Waals surface area (Å²) in [5.41, 5.74) is 1.87. The molecule has 2 aromatic carbocycles. The minimum Gasteiger partial charge on any atom is -0.492 e. The van der Waals surface area contributed by atoms with Crippen LogP contribution in [0.1, 0.15) is 0 Å². The van der Waals surface area contributed by atoms with Gasteiger partial charge >= 0.3 is 5.69 Å². The van der Waals surface area contributed by atoms with Gasteiger partial charge in [-0.05, 0) is 24.3 Å². The number of hydrogen-bond acceptors (Lipinski definition) is 2. The molecule has 0 unspecified atom stereocenters. The molecule has 3 rings (SSSR count). The molecule has 0 bridgehead atoms. The fraction of sp³-hybridized carbons (Fsp3) is 0.188. The van der Waals surface area contributed by atoms with Crippen LogP contribution in [0.3, 0.4) is 0 Å². The molecule has 0 atom stereocenters. The van der Waals surface area contributed by atoms with Gasteiger partial charge in [0, 0.05) is 7.05 Å². The first-order valence-corrected chi connectivity index (χ1v) is 6.59. The first kappa shape index (κ1) is 12.5. The lowest BCUT2D eigenvalue weighted by atomic mass is 10.3. The first-order chi connectivity index (χ1) is 9.77. The van der Waals surface area contributed by atoms with E-state index in [9.17, 15) is 4.79 Å². The van der Waals surface area contributed by atoms with Gasteiger partial charge in [0.1, 0.15) is 12.4 Å². The smallest absolute Gasteiger partial charge is 0.328 e. The molecule has 4 nitrogen and oxygen atoms in total. The predicted molar refractivity (Wildman–Crippen MR) is 79.1 cm³/mol. The number of aryl methyl sites for hydroxylation is 1. The molecule has 0 aliphatic rings. The van der Waals surface area contributed by atoms with E-state index in [1.807, 2.05) is 54.6 Å². The molecule has 0 fully saturated rings. The Kier molecular flexibility index (Phi) is 3.29. The number of ether oxygens (including phenoxy) is 1. The number of nitrogens with zero attached hydrogens (tertiary/aromatic N) is 2. The van der Waals surface area contributed by atoms with Crippen molar-refractivity contribution in [1.29, 1.82) is 0 Å². The van der Waals surface area contributed by atoms with Crippen molar-refractivity contribution in [2.75, 3.05) is 6.61 Å². The Bertz CT molecular complexity index is 772. The fourth-order valence-corrected chi connectivity index (χ4v) is 2.35. The largest absolute Gasteiger partial charge is 0.492 e. The van der Waals surface area contributed by atoms with Gasteiger partial charge in [-0.15, -0.1) is 0 Å². The maximum Gasteiger partial charge on any atom is 0.328 e. The molecule has 1 heterocycles. The van der Waals surface area contributed by atoms with E-state index in [1.165, 1.54) is 0 Å². The molecule has 0 saturated carbocycles. The van der Waals surface area contributed by atoms with Crippen molar-refractivity contribution >= 4 is 11.0 Å². The van der Waals surface area contributed by atoms with Gasteiger partial charge in [0.25, 0.3) is 0 Å². The van der Waals surface area contributed by atoms with Gasteiger partial charge in [0.2, 0.25) is 0 Å². The van der Waals surface area contributed by atoms with E-state index in [0.29, 0.717) is 13.2 Å². The van der Waals surface area contributed by atoms with Gasteiger partial charge in [-0.25, -0.2) is 4.79 Å². The van der Waals surface area contributed by atoms with Crippen LogP contribution >= 0.6 is 0 Å². The highest BCUT2D eigenvalue weighted by Gasteiger charge is 2.09. The quantitative estimate of drug-likeness (QED) is 0.728. The molecule has 0 aliphatic carbocycles. The molecule has 4 heteroatoms. The minimum atomic E-state index is -0.0112. The monoisotopic (exact) mass is 268 g/mol. The topological polar surface area (TPSA) is 36.2 Å². The molecular formula is C16H16N2O2. The van der Waals surface area contributed by atoms with Crippen LogP contribution < -0.4 is 10.4 Å². The molecule has 0 radical (unpaired) electrons. The van der Waals surface area contributed by atoms with Crippen molar-refractivity contribution in [2.24, 2.45) is 7.05 Å². The summed E-state index contributed by atoms with van der Waals surface area (Å²) in [4.78, 5) is 12.2. The van der Waals surface area contributed by atoms with Crippen molar-refractivity contribution in [3.8, 4) is 5.75 Å². The van der Waals surface area contributed by atoms with Gasteiger partial charge < -0.3 is 4.74 Å². The molecule has 1 aromatic heterocycles. The average Bonchev–Trinajstić information content (AvgIpc) is 2.74. The van der Waals surface area contributed by atoms with Crippen LogP contribution in [0, 0.1) is 0 Å². The third kappa shape index (κ3) is 2.20. The van der Waals surface area contributed by atoms with Crippen molar-refractivity contribution in [3.05, 3.63) is 65.1 Å². The van der Waals surface area contributed by atoms with E-state index < -0.39 is 0 Å². The van der Waals surface area contributed by atoms with E-state index >= 15 is 0 Å². The lowest BCUT2D eigenvalue weighted by molar-refractivity contribution is 0.298. The summed E-state index contributed by atoms with van der Waals surface area (Å²) in [6.07, 6.45) is 0. The van der Waals surface area contributed by atoms with Crippen LogP contribution in [0.5, 0.6) is 5.75 Å². The molecule has 0 aliphatic heterocycles. The van der Waals surface area contributed by atoms with Crippen molar-refractivity contribution in [2.45, 2.75) is 6.54 Å². The Morgan fingerprint density at radius 1 is 0.950 bits per heavy atom. The lowest BCUT2D eigenvalue weighted by Crippen LogP contribution is -2.24. The number of para-hydroxylation sites is 3. The van der Waals surface area contributed by atoms with Gasteiger partial charge in [-0.3, -0.25) is 9.13 Å². The molecule has 102 valence electrons. The summed E-state index contributed by atoms with van der Waals surface area (Å²) >= 11 is 0. The highest BCUT2D eigenvalue weighted by Crippen LogP contribution is 2.12. The Morgan fingerprint density at radius 2 is 1.60 bits per heavy atom. The second-order valence-electron chi connectivity index (χ2n) is 4.64. The van der Waals surface area contributed by atoms with Gasteiger partial charge in [-0.1, -0.05) is 30.3 Å². The molecule has 0 N–H and O–H groups in total. The standard InChI is InChI=1S/C16H16N2O2/c1-17-14-9-5-6-10-15(14)18(16(17)19)11-12-20-13-7-3-2-4-8-13/h2-10H,11-12H2,1H3. The highest BCUT2D eigenvalue weighted by molar-refractivity contribution is 5.75. The van der Waals surface area contributed by atoms with Crippen LogP contribution in [0.15, 0.2) is 59.4 Å². The molecular weight excluding hydrogens is 252 g/mol. The maximum absolute atomic E-state index is 12.2. The van der Waals surface area contributed by atoms with Crippen LogP contribution in [0.4, 0.5) is 0 Å². The third-order valence-corrected chi connectivity index (χ3v) is 3.38.